The van der Waals surface area contributed by atoms with Crippen LogP contribution >= 0.6 is 0 Å². The van der Waals surface area contributed by atoms with Gasteiger partial charge in [-0.2, -0.15) is 0 Å². The van der Waals surface area contributed by atoms with Gasteiger partial charge < -0.3 is 4.74 Å². The summed E-state index contributed by atoms with van der Waals surface area (Å²) in [4.78, 5) is 4.50. The van der Waals surface area contributed by atoms with E-state index in [1.807, 2.05) is 49.4 Å². The van der Waals surface area contributed by atoms with Gasteiger partial charge in [-0.3, -0.25) is 0 Å². The maximum Gasteiger partial charge on any atom is 0.240 e. The Labute approximate surface area is 160 Å². The minimum absolute atomic E-state index is 0.197. The zero-order valence-corrected chi connectivity index (χ0v) is 16.1. The van der Waals surface area contributed by atoms with Crippen LogP contribution in [0.5, 0.6) is 5.88 Å². The fourth-order valence-corrected chi connectivity index (χ4v) is 3.97. The van der Waals surface area contributed by atoms with Crippen LogP contribution in [0.2, 0.25) is 0 Å². The molecule has 3 aromatic rings. The average molecular weight is 382 g/mol. The fourth-order valence-electron chi connectivity index (χ4n) is 2.93. The molecular weight excluding hydrogens is 360 g/mol. The quantitative estimate of drug-likeness (QED) is 0.679. The van der Waals surface area contributed by atoms with Crippen molar-refractivity contribution in [3.8, 4) is 5.88 Å². The van der Waals surface area contributed by atoms with Crippen LogP contribution in [0.4, 0.5) is 0 Å². The minimum Gasteiger partial charge on any atom is -0.481 e. The molecule has 1 aromatic heterocycles. The van der Waals surface area contributed by atoms with Crippen molar-refractivity contribution < 1.29 is 13.2 Å². The molecule has 0 radical (unpaired) electrons. The molecule has 3 rings (SSSR count). The van der Waals surface area contributed by atoms with Gasteiger partial charge in [-0.05, 0) is 30.7 Å². The van der Waals surface area contributed by atoms with Crippen molar-refractivity contribution in [2.45, 2.75) is 17.7 Å². The molecule has 0 aliphatic rings. The van der Waals surface area contributed by atoms with Gasteiger partial charge in [0.15, 0.2) is 0 Å². The number of ether oxygens (including phenoxy) is 1. The zero-order valence-electron chi connectivity index (χ0n) is 15.3. The monoisotopic (exact) mass is 382 g/mol. The summed E-state index contributed by atoms with van der Waals surface area (Å²) in [5, 5.41) is 0. The van der Waals surface area contributed by atoms with Gasteiger partial charge >= 0.3 is 0 Å². The third-order valence-corrected chi connectivity index (χ3v) is 5.82. The molecule has 0 bridgehead atoms. The molecule has 0 aliphatic heterocycles. The first-order chi connectivity index (χ1) is 13.0. The molecule has 2 aromatic carbocycles. The number of sulfonamides is 1. The number of aryl methyl sites for hydroxylation is 1. The van der Waals surface area contributed by atoms with Crippen LogP contribution in [-0.4, -0.2) is 27.1 Å². The highest BCUT2D eigenvalue weighted by molar-refractivity contribution is 7.89. The molecule has 0 saturated heterocycles. The van der Waals surface area contributed by atoms with Crippen molar-refractivity contribution in [3.05, 3.63) is 89.6 Å². The smallest absolute Gasteiger partial charge is 0.240 e. The molecule has 0 fully saturated rings. The van der Waals surface area contributed by atoms with Gasteiger partial charge in [-0.25, -0.2) is 18.1 Å². The summed E-state index contributed by atoms with van der Waals surface area (Å²) in [6.07, 6.45) is 1.65. The van der Waals surface area contributed by atoms with E-state index in [0.29, 0.717) is 5.88 Å². The lowest BCUT2D eigenvalue weighted by atomic mass is 9.92. The standard InChI is InChI=1S/C21H22N2O3S/c1-16-10-12-18(13-11-16)27(24,25)23-15-20(17-7-4-3-5-8-17)19-9-6-14-22-21(19)26-2/h3-14,20,23H,15H2,1-2H3. The minimum atomic E-state index is -3.62. The second kappa shape index (κ2) is 8.33. The van der Waals surface area contributed by atoms with Crippen LogP contribution in [0, 0.1) is 6.92 Å². The van der Waals surface area contributed by atoms with Crippen LogP contribution in [0.25, 0.3) is 0 Å². The SMILES string of the molecule is COc1ncccc1C(CNS(=O)(=O)c1ccc(C)cc1)c1ccccc1. The first kappa shape index (κ1) is 19.1. The number of pyridine rings is 1. The van der Waals surface area contributed by atoms with Crippen molar-refractivity contribution in [1.82, 2.24) is 9.71 Å². The maximum atomic E-state index is 12.7. The lowest BCUT2D eigenvalue weighted by Gasteiger charge is -2.20. The van der Waals surface area contributed by atoms with Crippen LogP contribution in [0.3, 0.4) is 0 Å². The van der Waals surface area contributed by atoms with Crippen LogP contribution in [0.1, 0.15) is 22.6 Å². The number of benzene rings is 2. The van der Waals surface area contributed by atoms with E-state index in [-0.39, 0.29) is 17.4 Å². The summed E-state index contributed by atoms with van der Waals surface area (Å²) in [7, 11) is -2.06. The van der Waals surface area contributed by atoms with E-state index in [9.17, 15) is 8.42 Å². The Morgan fingerprint density at radius 1 is 1.00 bits per heavy atom. The van der Waals surface area contributed by atoms with Gasteiger partial charge in [-0.1, -0.05) is 54.1 Å². The molecule has 0 aliphatic carbocycles. The molecular formula is C21H22N2O3S. The first-order valence-electron chi connectivity index (χ1n) is 8.61. The number of rotatable bonds is 7. The van der Waals surface area contributed by atoms with Crippen LogP contribution in [-0.2, 0) is 10.0 Å². The van der Waals surface area contributed by atoms with Crippen molar-refractivity contribution >= 4 is 10.0 Å². The van der Waals surface area contributed by atoms with Gasteiger partial charge in [-0.15, -0.1) is 0 Å². The van der Waals surface area contributed by atoms with Crippen molar-refractivity contribution in [3.63, 3.8) is 0 Å². The molecule has 0 saturated carbocycles. The lowest BCUT2D eigenvalue weighted by Crippen LogP contribution is -2.29. The summed E-state index contributed by atoms with van der Waals surface area (Å²) in [5.74, 6) is 0.260. The Morgan fingerprint density at radius 3 is 2.37 bits per heavy atom. The topological polar surface area (TPSA) is 68.3 Å². The second-order valence-corrected chi connectivity index (χ2v) is 8.00. The fraction of sp³-hybridized carbons (Fsp3) is 0.190. The first-order valence-corrected chi connectivity index (χ1v) is 10.1. The Bertz CT molecular complexity index is 987. The van der Waals surface area contributed by atoms with E-state index in [2.05, 4.69) is 9.71 Å². The van der Waals surface area contributed by atoms with Gasteiger partial charge in [0.25, 0.3) is 0 Å². The van der Waals surface area contributed by atoms with E-state index in [4.69, 9.17) is 4.74 Å². The number of hydrogen-bond acceptors (Lipinski definition) is 4. The highest BCUT2D eigenvalue weighted by Gasteiger charge is 2.22. The summed E-state index contributed by atoms with van der Waals surface area (Å²) in [6.45, 7) is 2.12. The number of hydrogen-bond donors (Lipinski definition) is 1. The largest absolute Gasteiger partial charge is 0.481 e. The van der Waals surface area contributed by atoms with Crippen molar-refractivity contribution in [2.75, 3.05) is 13.7 Å². The normalized spacial score (nSPS) is 12.5. The van der Waals surface area contributed by atoms with Crippen LogP contribution < -0.4 is 9.46 Å². The maximum absolute atomic E-state index is 12.7. The second-order valence-electron chi connectivity index (χ2n) is 6.23. The Morgan fingerprint density at radius 2 is 1.70 bits per heavy atom. The molecule has 0 amide bonds. The van der Waals surface area contributed by atoms with E-state index in [0.717, 1.165) is 16.7 Å². The third-order valence-electron chi connectivity index (χ3n) is 4.38. The summed E-state index contributed by atoms with van der Waals surface area (Å²) in [6, 6.07) is 20.2. The van der Waals surface area contributed by atoms with E-state index in [1.54, 1.807) is 37.6 Å². The van der Waals surface area contributed by atoms with Gasteiger partial charge in [0.05, 0.1) is 12.0 Å². The Hall–Kier alpha value is -2.70. The van der Waals surface area contributed by atoms with Gasteiger partial charge in [0.1, 0.15) is 0 Å². The third kappa shape index (κ3) is 4.53. The van der Waals surface area contributed by atoms with E-state index >= 15 is 0 Å². The molecule has 140 valence electrons. The highest BCUT2D eigenvalue weighted by Crippen LogP contribution is 2.30. The molecule has 1 heterocycles. The van der Waals surface area contributed by atoms with E-state index in [1.165, 1.54) is 0 Å². The molecule has 1 N–H and O–H groups in total. The molecule has 27 heavy (non-hydrogen) atoms. The summed E-state index contributed by atoms with van der Waals surface area (Å²) >= 11 is 0. The summed E-state index contributed by atoms with van der Waals surface area (Å²) in [5.41, 5.74) is 2.82. The predicted octanol–water partition coefficient (Wildman–Crippen LogP) is 3.51. The molecule has 1 unspecified atom stereocenters. The van der Waals surface area contributed by atoms with Crippen molar-refractivity contribution in [1.29, 1.82) is 0 Å². The highest BCUT2D eigenvalue weighted by atomic mass is 32.2. The molecule has 1 atom stereocenters. The van der Waals surface area contributed by atoms with Crippen molar-refractivity contribution in [2.24, 2.45) is 0 Å². The van der Waals surface area contributed by atoms with Crippen LogP contribution in [0.15, 0.2) is 77.8 Å². The number of nitrogens with one attached hydrogen (secondary N) is 1. The number of aromatic nitrogens is 1. The zero-order chi connectivity index (χ0) is 19.3. The Kier molecular flexibility index (Phi) is 5.88. The average Bonchev–Trinajstić information content (AvgIpc) is 2.69. The number of nitrogens with zero attached hydrogens (tertiary/aromatic N) is 1. The predicted molar refractivity (Wildman–Crippen MR) is 105 cm³/mol. The van der Waals surface area contributed by atoms with Gasteiger partial charge in [0, 0.05) is 24.2 Å². The molecule has 6 heteroatoms. The number of methoxy groups -OCH3 is 1. The summed E-state index contributed by atoms with van der Waals surface area (Å²) < 4.78 is 33.5. The molecule has 0 spiro atoms. The lowest BCUT2D eigenvalue weighted by molar-refractivity contribution is 0.390. The molecule has 5 nitrogen and oxygen atoms in total. The van der Waals surface area contributed by atoms with Gasteiger partial charge in [0.2, 0.25) is 15.9 Å². The Balaban J connectivity index is 1.92. The van der Waals surface area contributed by atoms with E-state index < -0.39 is 10.0 Å².